The highest BCUT2D eigenvalue weighted by molar-refractivity contribution is 7.18. The summed E-state index contributed by atoms with van der Waals surface area (Å²) in [7, 11) is 3.78. The molecule has 1 aliphatic heterocycles. The molecular weight excluding hydrogens is 598 g/mol. The quantitative estimate of drug-likeness (QED) is 0.204. The summed E-state index contributed by atoms with van der Waals surface area (Å²) in [5, 5.41) is 9.94. The van der Waals surface area contributed by atoms with E-state index in [0.29, 0.717) is 35.2 Å². The molecule has 3 N–H and O–H groups in total. The van der Waals surface area contributed by atoms with E-state index >= 15 is 0 Å². The molecule has 2 aliphatic rings. The van der Waals surface area contributed by atoms with Gasteiger partial charge in [0.2, 0.25) is 0 Å². The largest absolute Gasteiger partial charge is 0.418 e. The average molecular weight is 628 g/mol. The van der Waals surface area contributed by atoms with Gasteiger partial charge in [0.05, 0.1) is 27.0 Å². The van der Waals surface area contributed by atoms with E-state index in [2.05, 4.69) is 25.9 Å². The van der Waals surface area contributed by atoms with Gasteiger partial charge in [-0.1, -0.05) is 0 Å². The number of aromatic nitrogens is 2. The fourth-order valence-electron chi connectivity index (χ4n) is 5.19. The van der Waals surface area contributed by atoms with E-state index in [4.69, 9.17) is 0 Å². The second-order valence-corrected chi connectivity index (χ2v) is 12.0. The van der Waals surface area contributed by atoms with E-state index in [9.17, 15) is 27.2 Å². The Labute approximate surface area is 254 Å². The number of alkyl halides is 3. The van der Waals surface area contributed by atoms with Crippen molar-refractivity contribution in [3.8, 4) is 0 Å². The molecule has 1 unspecified atom stereocenters. The Bertz CT molecular complexity index is 1740. The van der Waals surface area contributed by atoms with Gasteiger partial charge in [0, 0.05) is 47.5 Å². The molecule has 0 spiro atoms. The molecule has 0 bridgehead atoms. The highest BCUT2D eigenvalue weighted by atomic mass is 32.1. The first-order valence-electron chi connectivity index (χ1n) is 14.0. The molecule has 1 aliphatic carbocycles. The Kier molecular flexibility index (Phi) is 7.88. The summed E-state index contributed by atoms with van der Waals surface area (Å²) < 4.78 is 57.7. The van der Waals surface area contributed by atoms with Crippen LogP contribution in [0.2, 0.25) is 0 Å². The summed E-state index contributed by atoms with van der Waals surface area (Å²) in [6, 6.07) is 7.47. The topological polar surface area (TPSA) is 102 Å². The molecule has 1 saturated heterocycles. The van der Waals surface area contributed by atoms with E-state index in [0.717, 1.165) is 31.4 Å². The van der Waals surface area contributed by atoms with Gasteiger partial charge in [-0.2, -0.15) is 13.2 Å². The Morgan fingerprint density at radius 3 is 2.52 bits per heavy atom. The average Bonchev–Trinajstić information content (AvgIpc) is 3.47. The number of likely N-dealkylation sites (N-methyl/N-ethyl adjacent to an activating group) is 1. The molecule has 2 amide bonds. The first-order valence-corrected chi connectivity index (χ1v) is 14.9. The summed E-state index contributed by atoms with van der Waals surface area (Å²) in [5.74, 6) is -1.54. The minimum absolute atomic E-state index is 0.0202. The van der Waals surface area contributed by atoms with E-state index < -0.39 is 29.4 Å². The number of nitrogens with one attached hydrogen (secondary N) is 3. The van der Waals surface area contributed by atoms with Crippen LogP contribution in [0, 0.1) is 5.82 Å². The molecule has 14 heteroatoms. The Morgan fingerprint density at radius 2 is 1.82 bits per heavy atom. The van der Waals surface area contributed by atoms with Gasteiger partial charge in [-0.25, -0.2) is 14.4 Å². The molecule has 230 valence electrons. The summed E-state index contributed by atoms with van der Waals surface area (Å²) in [4.78, 5) is 38.3. The summed E-state index contributed by atoms with van der Waals surface area (Å²) >= 11 is 1.29. The molecule has 2 aromatic heterocycles. The lowest BCUT2D eigenvalue weighted by atomic mass is 10.1. The number of rotatable bonds is 8. The molecule has 2 aromatic carbocycles. The van der Waals surface area contributed by atoms with Crippen molar-refractivity contribution in [3.05, 3.63) is 70.6 Å². The maximum atomic E-state index is 14.7. The molecule has 1 saturated carbocycles. The predicted octanol–water partition coefficient (Wildman–Crippen LogP) is 6.07. The molecule has 4 aromatic rings. The minimum Gasteiger partial charge on any atom is -0.369 e. The maximum Gasteiger partial charge on any atom is 0.418 e. The van der Waals surface area contributed by atoms with Gasteiger partial charge in [0.25, 0.3) is 11.8 Å². The third-order valence-corrected chi connectivity index (χ3v) is 8.76. The van der Waals surface area contributed by atoms with E-state index in [1.807, 2.05) is 19.0 Å². The number of halogens is 4. The Balaban J connectivity index is 1.19. The number of benzene rings is 2. The van der Waals surface area contributed by atoms with E-state index in [-0.39, 0.29) is 34.2 Å². The number of hydrogen-bond acceptors (Lipinski definition) is 8. The van der Waals surface area contributed by atoms with E-state index in [1.165, 1.54) is 41.9 Å². The van der Waals surface area contributed by atoms with Crippen molar-refractivity contribution in [2.75, 3.05) is 48.0 Å². The first-order chi connectivity index (χ1) is 21.0. The van der Waals surface area contributed by atoms with Gasteiger partial charge in [-0.15, -0.1) is 11.3 Å². The minimum atomic E-state index is -4.68. The summed E-state index contributed by atoms with van der Waals surface area (Å²) in [6.45, 7) is 0.909. The number of carbonyl (C=O) groups is 2. The van der Waals surface area contributed by atoms with Crippen LogP contribution < -0.4 is 20.9 Å². The van der Waals surface area contributed by atoms with Crippen LogP contribution in [0.25, 0.3) is 10.2 Å². The summed E-state index contributed by atoms with van der Waals surface area (Å²) in [6.07, 6.45) is -0.510. The molecule has 3 heterocycles. The smallest absolute Gasteiger partial charge is 0.369 e. The molecule has 2 fully saturated rings. The first kappa shape index (κ1) is 29.8. The molecule has 1 atom stereocenters. The zero-order valence-electron chi connectivity index (χ0n) is 23.8. The highest BCUT2D eigenvalue weighted by Gasteiger charge is 2.37. The highest BCUT2D eigenvalue weighted by Crippen LogP contribution is 2.39. The number of carbonyl (C=O) groups excluding carboxylic acids is 2. The van der Waals surface area contributed by atoms with Crippen LogP contribution >= 0.6 is 11.3 Å². The zero-order valence-corrected chi connectivity index (χ0v) is 24.7. The van der Waals surface area contributed by atoms with Crippen LogP contribution in [-0.2, 0) is 6.18 Å². The number of anilines is 4. The Hall–Kier alpha value is -4.30. The van der Waals surface area contributed by atoms with Crippen LogP contribution in [0.15, 0.2) is 48.1 Å². The third-order valence-electron chi connectivity index (χ3n) is 7.79. The van der Waals surface area contributed by atoms with Crippen molar-refractivity contribution in [2.24, 2.45) is 0 Å². The number of nitrogens with zero attached hydrogens (tertiary/aromatic N) is 4. The number of hydrogen-bond donors (Lipinski definition) is 3. The summed E-state index contributed by atoms with van der Waals surface area (Å²) in [5.41, 5.74) is -0.565. The standard InChI is InChI=1S/C30H29F4N7O2S/c1-40(2)19-9-10-41(13-19)24-8-3-16(11-21(24)30(32,33)34)28(42)38-18-6-7-22(31)23(12-18)39-29(43)20-14-44-26-25(20)35-15-36-27(26)37-17-4-5-17/h3,6-8,11-12,14-15,17,19H,4-5,9-10,13H2,1-2H3,(H,38,42)(H,39,43)(H,35,36,37). The lowest BCUT2D eigenvalue weighted by molar-refractivity contribution is -0.137. The van der Waals surface area contributed by atoms with Crippen LogP contribution in [0.3, 0.4) is 0 Å². The van der Waals surface area contributed by atoms with Crippen molar-refractivity contribution in [2.45, 2.75) is 37.5 Å². The molecule has 9 nitrogen and oxygen atoms in total. The van der Waals surface area contributed by atoms with E-state index in [1.54, 1.807) is 10.3 Å². The second-order valence-electron chi connectivity index (χ2n) is 11.2. The molecule has 0 radical (unpaired) electrons. The van der Waals surface area contributed by atoms with Gasteiger partial charge in [-0.3, -0.25) is 9.59 Å². The van der Waals surface area contributed by atoms with Gasteiger partial charge in [0.1, 0.15) is 18.0 Å². The number of fused-ring (bicyclic) bond motifs is 1. The van der Waals surface area contributed by atoms with Crippen molar-refractivity contribution in [1.82, 2.24) is 14.9 Å². The van der Waals surface area contributed by atoms with Gasteiger partial charge in [0.15, 0.2) is 0 Å². The van der Waals surface area contributed by atoms with Crippen LogP contribution in [-0.4, -0.2) is 66.0 Å². The van der Waals surface area contributed by atoms with Crippen LogP contribution in [0.1, 0.15) is 45.5 Å². The SMILES string of the molecule is CN(C)C1CCN(c2ccc(C(=O)Nc3ccc(F)c(NC(=O)c4csc5c(NC6CC6)ncnc45)c3)cc2C(F)(F)F)C1. The molecular formula is C30H29F4N7O2S. The molecule has 44 heavy (non-hydrogen) atoms. The fraction of sp³-hybridized carbons (Fsp3) is 0.333. The molecule has 6 rings (SSSR count). The van der Waals surface area contributed by atoms with Gasteiger partial charge in [-0.05, 0) is 69.8 Å². The van der Waals surface area contributed by atoms with Crippen LogP contribution in [0.4, 0.5) is 40.4 Å². The zero-order chi connectivity index (χ0) is 31.2. The monoisotopic (exact) mass is 627 g/mol. The fourth-order valence-corrected chi connectivity index (χ4v) is 6.14. The van der Waals surface area contributed by atoms with Crippen molar-refractivity contribution in [3.63, 3.8) is 0 Å². The van der Waals surface area contributed by atoms with Gasteiger partial charge < -0.3 is 25.8 Å². The lowest BCUT2D eigenvalue weighted by Gasteiger charge is -2.25. The normalized spacial score (nSPS) is 16.9. The number of amides is 2. The van der Waals surface area contributed by atoms with Crippen molar-refractivity contribution in [1.29, 1.82) is 0 Å². The maximum absolute atomic E-state index is 14.7. The van der Waals surface area contributed by atoms with Crippen LogP contribution in [0.5, 0.6) is 0 Å². The Morgan fingerprint density at radius 1 is 1.02 bits per heavy atom. The predicted molar refractivity (Wildman–Crippen MR) is 162 cm³/mol. The van der Waals surface area contributed by atoms with Crippen molar-refractivity contribution >= 4 is 56.2 Å². The number of thiophene rings is 1. The third kappa shape index (κ3) is 6.17. The van der Waals surface area contributed by atoms with Gasteiger partial charge >= 0.3 is 6.18 Å². The van der Waals surface area contributed by atoms with Crippen molar-refractivity contribution < 1.29 is 27.2 Å². The lowest BCUT2D eigenvalue weighted by Crippen LogP contribution is -2.32. The second kappa shape index (κ2) is 11.7.